The number of hydrogen-bond acceptors (Lipinski definition) is 3. The summed E-state index contributed by atoms with van der Waals surface area (Å²) in [5.41, 5.74) is 3.17. The Balaban J connectivity index is 2.51. The average Bonchev–Trinajstić information content (AvgIpc) is 2.33. The van der Waals surface area contributed by atoms with Crippen LogP contribution in [0.15, 0.2) is 18.2 Å². The molecule has 4 nitrogen and oxygen atoms in total. The monoisotopic (exact) mass is 265 g/mol. The number of rotatable bonds is 7. The van der Waals surface area contributed by atoms with Crippen LogP contribution in [-0.4, -0.2) is 28.8 Å². The summed E-state index contributed by atoms with van der Waals surface area (Å²) in [5, 5.41) is 22.0. The van der Waals surface area contributed by atoms with Gasteiger partial charge in [0.15, 0.2) is 0 Å². The lowest BCUT2D eigenvalue weighted by Gasteiger charge is -2.22. The highest BCUT2D eigenvalue weighted by atomic mass is 16.4. The molecule has 2 atom stereocenters. The number of carboxylic acids is 1. The summed E-state index contributed by atoms with van der Waals surface area (Å²) in [7, 11) is 0. The van der Waals surface area contributed by atoms with E-state index in [4.69, 9.17) is 5.11 Å². The predicted octanol–water partition coefficient (Wildman–Crippen LogP) is 2.18. The highest BCUT2D eigenvalue weighted by Crippen LogP contribution is 2.21. The summed E-state index contributed by atoms with van der Waals surface area (Å²) in [6.07, 6.45) is 0.143. The number of aliphatic carboxylic acids is 1. The summed E-state index contributed by atoms with van der Waals surface area (Å²) in [5.74, 6) is -0.788. The van der Waals surface area contributed by atoms with Crippen LogP contribution in [0.5, 0.6) is 0 Å². The first-order chi connectivity index (χ1) is 8.91. The van der Waals surface area contributed by atoms with Crippen LogP contribution in [0.4, 0.5) is 0 Å². The lowest BCUT2D eigenvalue weighted by Crippen LogP contribution is -2.33. The zero-order valence-corrected chi connectivity index (χ0v) is 11.8. The van der Waals surface area contributed by atoms with Crippen molar-refractivity contribution in [3.8, 4) is 0 Å². The largest absolute Gasteiger partial charge is 0.481 e. The normalized spacial score (nSPS) is 14.1. The Labute approximate surface area is 114 Å². The fourth-order valence-corrected chi connectivity index (χ4v) is 2.11. The molecule has 0 amide bonds. The molecule has 0 saturated carbocycles. The molecule has 0 saturated heterocycles. The van der Waals surface area contributed by atoms with Gasteiger partial charge in [0, 0.05) is 12.5 Å². The third-order valence-corrected chi connectivity index (χ3v) is 3.25. The molecule has 0 aliphatic heterocycles. The van der Waals surface area contributed by atoms with Crippen LogP contribution in [0.2, 0.25) is 0 Å². The van der Waals surface area contributed by atoms with Crippen molar-refractivity contribution in [1.29, 1.82) is 0 Å². The second-order valence-corrected chi connectivity index (χ2v) is 5.04. The van der Waals surface area contributed by atoms with E-state index in [9.17, 15) is 9.90 Å². The molecule has 106 valence electrons. The number of carboxylic acid groups (broad SMARTS) is 1. The maximum Gasteiger partial charge on any atom is 0.303 e. The molecule has 0 radical (unpaired) electrons. The second-order valence-electron chi connectivity index (χ2n) is 5.04. The number of aliphatic hydroxyl groups is 1. The van der Waals surface area contributed by atoms with Gasteiger partial charge in [-0.05, 0) is 44.9 Å². The quantitative estimate of drug-likeness (QED) is 0.661. The van der Waals surface area contributed by atoms with Crippen molar-refractivity contribution in [3.63, 3.8) is 0 Å². The van der Waals surface area contributed by atoms with Gasteiger partial charge in [-0.1, -0.05) is 23.8 Å². The lowest BCUT2D eigenvalue weighted by atomic mass is 9.97. The maximum absolute atomic E-state index is 10.4. The summed E-state index contributed by atoms with van der Waals surface area (Å²) < 4.78 is 0. The number of benzene rings is 1. The second kappa shape index (κ2) is 7.26. The number of hydrogen-bond donors (Lipinski definition) is 3. The van der Waals surface area contributed by atoms with E-state index in [1.807, 2.05) is 32.9 Å². The molecule has 0 heterocycles. The average molecular weight is 265 g/mol. The minimum Gasteiger partial charge on any atom is -0.481 e. The molecule has 19 heavy (non-hydrogen) atoms. The fraction of sp³-hybridized carbons (Fsp3) is 0.533. The van der Waals surface area contributed by atoms with E-state index in [1.54, 1.807) is 0 Å². The Bertz CT molecular complexity index is 431. The van der Waals surface area contributed by atoms with E-state index in [0.29, 0.717) is 13.0 Å². The van der Waals surface area contributed by atoms with Gasteiger partial charge in [-0.25, -0.2) is 0 Å². The van der Waals surface area contributed by atoms with Crippen molar-refractivity contribution >= 4 is 5.97 Å². The Morgan fingerprint density at radius 3 is 2.63 bits per heavy atom. The van der Waals surface area contributed by atoms with Gasteiger partial charge < -0.3 is 15.5 Å². The zero-order chi connectivity index (χ0) is 14.4. The summed E-state index contributed by atoms with van der Waals surface area (Å²) in [6.45, 7) is 6.51. The standard InChI is InChI=1S/C15H23NO3/c1-10-6-7-13(11(2)9-10)15(19)12(3)16-8-4-5-14(17)18/h6-7,9,12,15-16,19H,4-5,8H2,1-3H3,(H,17,18). The van der Waals surface area contributed by atoms with Gasteiger partial charge in [0.25, 0.3) is 0 Å². The Hall–Kier alpha value is -1.39. The molecule has 4 heteroatoms. The third kappa shape index (κ3) is 5.01. The van der Waals surface area contributed by atoms with E-state index in [0.717, 1.165) is 11.1 Å². The molecule has 0 aliphatic rings. The van der Waals surface area contributed by atoms with Crippen molar-refractivity contribution in [3.05, 3.63) is 34.9 Å². The number of aliphatic hydroxyl groups excluding tert-OH is 1. The molecule has 0 spiro atoms. The molecule has 0 bridgehead atoms. The van der Waals surface area contributed by atoms with E-state index in [2.05, 4.69) is 11.4 Å². The van der Waals surface area contributed by atoms with Crippen molar-refractivity contribution in [1.82, 2.24) is 5.32 Å². The van der Waals surface area contributed by atoms with Gasteiger partial charge in [-0.15, -0.1) is 0 Å². The highest BCUT2D eigenvalue weighted by Gasteiger charge is 2.17. The minimum absolute atomic E-state index is 0.102. The smallest absolute Gasteiger partial charge is 0.303 e. The first kappa shape index (κ1) is 15.7. The van der Waals surface area contributed by atoms with Crippen molar-refractivity contribution < 1.29 is 15.0 Å². The van der Waals surface area contributed by atoms with Gasteiger partial charge in [0.05, 0.1) is 6.10 Å². The van der Waals surface area contributed by atoms with Gasteiger partial charge in [0.1, 0.15) is 0 Å². The van der Waals surface area contributed by atoms with E-state index >= 15 is 0 Å². The predicted molar refractivity (Wildman–Crippen MR) is 75.2 cm³/mol. The topological polar surface area (TPSA) is 69.6 Å². The number of aryl methyl sites for hydroxylation is 2. The summed E-state index contributed by atoms with van der Waals surface area (Å²) in [4.78, 5) is 10.4. The minimum atomic E-state index is -0.788. The first-order valence-electron chi connectivity index (χ1n) is 6.62. The van der Waals surface area contributed by atoms with Crippen molar-refractivity contribution in [2.75, 3.05) is 6.54 Å². The Morgan fingerprint density at radius 2 is 2.05 bits per heavy atom. The van der Waals surface area contributed by atoms with Gasteiger partial charge in [-0.3, -0.25) is 4.79 Å². The van der Waals surface area contributed by atoms with Crippen LogP contribution in [0, 0.1) is 13.8 Å². The van der Waals surface area contributed by atoms with Crippen molar-refractivity contribution in [2.45, 2.75) is 45.8 Å². The fourth-order valence-electron chi connectivity index (χ4n) is 2.11. The maximum atomic E-state index is 10.4. The highest BCUT2D eigenvalue weighted by molar-refractivity contribution is 5.66. The summed E-state index contributed by atoms with van der Waals surface area (Å²) in [6, 6.07) is 5.89. The Kier molecular flexibility index (Phi) is 5.99. The van der Waals surface area contributed by atoms with Crippen LogP contribution in [0.25, 0.3) is 0 Å². The molecule has 1 aromatic rings. The van der Waals surface area contributed by atoms with Gasteiger partial charge in [0.2, 0.25) is 0 Å². The van der Waals surface area contributed by atoms with Gasteiger partial charge >= 0.3 is 5.97 Å². The SMILES string of the molecule is Cc1ccc(C(O)C(C)NCCCC(=O)O)c(C)c1. The molecular weight excluding hydrogens is 242 g/mol. The first-order valence-corrected chi connectivity index (χ1v) is 6.62. The molecular formula is C15H23NO3. The Morgan fingerprint density at radius 1 is 1.37 bits per heavy atom. The van der Waals surface area contributed by atoms with Crippen LogP contribution >= 0.6 is 0 Å². The lowest BCUT2D eigenvalue weighted by molar-refractivity contribution is -0.137. The van der Waals surface area contributed by atoms with Crippen LogP contribution in [-0.2, 0) is 4.79 Å². The molecule has 1 aromatic carbocycles. The molecule has 1 rings (SSSR count). The van der Waals surface area contributed by atoms with E-state index < -0.39 is 12.1 Å². The molecule has 0 aliphatic carbocycles. The van der Waals surface area contributed by atoms with E-state index in [1.165, 1.54) is 5.56 Å². The van der Waals surface area contributed by atoms with Crippen LogP contribution in [0.1, 0.15) is 42.6 Å². The van der Waals surface area contributed by atoms with E-state index in [-0.39, 0.29) is 12.5 Å². The van der Waals surface area contributed by atoms with Crippen LogP contribution < -0.4 is 5.32 Å². The zero-order valence-electron chi connectivity index (χ0n) is 11.8. The van der Waals surface area contributed by atoms with Crippen LogP contribution in [0.3, 0.4) is 0 Å². The molecule has 3 N–H and O–H groups in total. The summed E-state index contributed by atoms with van der Waals surface area (Å²) >= 11 is 0. The molecule has 0 aromatic heterocycles. The molecule has 0 fully saturated rings. The number of carbonyl (C=O) groups is 1. The number of nitrogens with one attached hydrogen (secondary N) is 1. The third-order valence-electron chi connectivity index (χ3n) is 3.25. The van der Waals surface area contributed by atoms with Gasteiger partial charge in [-0.2, -0.15) is 0 Å². The molecule has 2 unspecified atom stereocenters. The van der Waals surface area contributed by atoms with Crippen molar-refractivity contribution in [2.24, 2.45) is 0 Å².